The second-order valence-corrected chi connectivity index (χ2v) is 9.82. The fraction of sp³-hybridized carbons (Fsp3) is 1.00. The molecule has 158 valence electrons. The molecule has 0 heterocycles. The molecule has 4 nitrogen and oxygen atoms in total. The maximum absolute atomic E-state index is 4.67. The van der Waals surface area contributed by atoms with Crippen LogP contribution in [0.3, 0.4) is 0 Å². The Balaban J connectivity index is -0.000000342. The van der Waals surface area contributed by atoms with Gasteiger partial charge < -0.3 is 10.6 Å². The predicted octanol–water partition coefficient (Wildman–Crippen LogP) is 7.78. The molecule has 26 heavy (non-hydrogen) atoms. The smallest absolute Gasteiger partial charge is 0.0818 e. The summed E-state index contributed by atoms with van der Waals surface area (Å²) >= 11 is -0.492. The van der Waals surface area contributed by atoms with E-state index in [0.29, 0.717) is 18.1 Å². The van der Waals surface area contributed by atoms with Crippen LogP contribution in [-0.2, 0) is 18.2 Å². The molecule has 0 atom stereocenters. The summed E-state index contributed by atoms with van der Waals surface area (Å²) in [6.07, 6.45) is 2.22. The van der Waals surface area contributed by atoms with Gasteiger partial charge in [0.2, 0.25) is 0 Å². The van der Waals surface area contributed by atoms with Gasteiger partial charge in [0.1, 0.15) is 0 Å². The molecule has 0 amide bonds. The van der Waals surface area contributed by atoms with Gasteiger partial charge in [0.05, 0.1) is 0 Å². The minimum absolute atomic E-state index is 0.148. The summed E-state index contributed by atoms with van der Waals surface area (Å²) < 4.78 is 9.34. The van der Waals surface area contributed by atoms with Crippen molar-refractivity contribution < 1.29 is 18.2 Å². The molecule has 0 aliphatic heterocycles. The van der Waals surface area contributed by atoms with Crippen molar-refractivity contribution in [1.29, 1.82) is 0 Å². The molecular weight excluding hydrogens is 404 g/mol. The van der Waals surface area contributed by atoms with Crippen molar-refractivity contribution in [1.82, 2.24) is 0 Å². The monoisotopic (exact) mass is 454 g/mol. The molecule has 0 N–H and O–H groups in total. The standard InChI is InChI=1S/C6H14N.C5H12N.2C5H11N.Mo/c1-5(2)7-6(3)4;1-4-6-5(2)3;2*1-4-5(2,3)6;/h5-6H,1-4H3;5H,4H2,1-3H3;2*4H2,1-3H3;/q2*-1;;;+2. The summed E-state index contributed by atoms with van der Waals surface area (Å²) in [6, 6.07) is 1.52. The first-order valence-corrected chi connectivity index (χ1v) is 12.0. The minimum Gasteiger partial charge on any atom is -0.660 e. The van der Waals surface area contributed by atoms with E-state index in [2.05, 4.69) is 108 Å². The average Bonchev–Trinajstić information content (AvgIpc) is 2.46. The van der Waals surface area contributed by atoms with Crippen molar-refractivity contribution in [2.75, 3.05) is 6.54 Å². The zero-order chi connectivity index (χ0) is 21.4. The summed E-state index contributed by atoms with van der Waals surface area (Å²) in [6.45, 7) is 28.7. The Morgan fingerprint density at radius 3 is 1.15 bits per heavy atom. The second-order valence-electron chi connectivity index (χ2n) is 8.53. The van der Waals surface area contributed by atoms with Crippen molar-refractivity contribution in [3.05, 3.63) is 10.6 Å². The van der Waals surface area contributed by atoms with Gasteiger partial charge in [-0.05, 0) is 0 Å². The van der Waals surface area contributed by atoms with Crippen LogP contribution < -0.4 is 0 Å². The van der Waals surface area contributed by atoms with Gasteiger partial charge in [-0.2, -0.15) is 6.54 Å². The van der Waals surface area contributed by atoms with E-state index in [1.807, 2.05) is 0 Å². The van der Waals surface area contributed by atoms with Crippen molar-refractivity contribution >= 4 is 0 Å². The third kappa shape index (κ3) is 29.0. The maximum Gasteiger partial charge on any atom is -0.0818 e. The Hall–Kier alpha value is 0.208. The fourth-order valence-electron chi connectivity index (χ4n) is 1.33. The predicted molar refractivity (Wildman–Crippen MR) is 116 cm³/mol. The van der Waals surface area contributed by atoms with Crippen molar-refractivity contribution in [2.45, 2.75) is 132 Å². The molecule has 0 rings (SSSR count). The molecule has 5 heteroatoms. The van der Waals surface area contributed by atoms with Gasteiger partial charge in [-0.1, -0.05) is 48.5 Å². The van der Waals surface area contributed by atoms with Gasteiger partial charge in [-0.25, -0.2) is 0 Å². The maximum atomic E-state index is 4.67. The van der Waals surface area contributed by atoms with Gasteiger partial charge in [0.25, 0.3) is 0 Å². The van der Waals surface area contributed by atoms with E-state index >= 15 is 0 Å². The Morgan fingerprint density at radius 1 is 0.692 bits per heavy atom. The normalized spacial score (nSPS) is 11.4. The topological polar surface area (TPSA) is 52.9 Å². The van der Waals surface area contributed by atoms with Crippen LogP contribution in [0.2, 0.25) is 0 Å². The van der Waals surface area contributed by atoms with E-state index in [1.165, 1.54) is 0 Å². The van der Waals surface area contributed by atoms with Crippen molar-refractivity contribution in [2.24, 2.45) is 6.99 Å². The first kappa shape index (κ1) is 30.9. The van der Waals surface area contributed by atoms with E-state index < -0.39 is 18.2 Å². The minimum atomic E-state index is -0.492. The average molecular weight is 453 g/mol. The van der Waals surface area contributed by atoms with Crippen LogP contribution >= 0.6 is 0 Å². The molecule has 0 spiro atoms. The molecule has 0 bridgehead atoms. The molecule has 0 aromatic rings. The van der Waals surface area contributed by atoms with Crippen LogP contribution in [0.4, 0.5) is 0 Å². The molecule has 0 aromatic carbocycles. The largest absolute Gasteiger partial charge is 0.660 e. The Labute approximate surface area is 174 Å². The quantitative estimate of drug-likeness (QED) is 0.338. The van der Waals surface area contributed by atoms with Crippen LogP contribution in [0, 0.1) is 0 Å². The summed E-state index contributed by atoms with van der Waals surface area (Å²) in [5, 5.41) is 8.40. The molecule has 0 aliphatic rings. The zero-order valence-corrected chi connectivity index (χ0v) is 22.1. The summed E-state index contributed by atoms with van der Waals surface area (Å²) in [5.41, 5.74) is 0.297. The van der Waals surface area contributed by atoms with Gasteiger partial charge in [0.15, 0.2) is 0 Å². The summed E-state index contributed by atoms with van der Waals surface area (Å²) in [7, 11) is 0. The fourth-order valence-corrected chi connectivity index (χ4v) is 3.15. The molecule has 0 saturated carbocycles. The van der Waals surface area contributed by atoms with E-state index in [0.717, 1.165) is 19.4 Å². The van der Waals surface area contributed by atoms with Crippen LogP contribution in [0.5, 0.6) is 0 Å². The van der Waals surface area contributed by atoms with E-state index in [4.69, 9.17) is 0 Å². The molecular formula is C21H48MoN4. The van der Waals surface area contributed by atoms with Gasteiger partial charge in [0, 0.05) is 0 Å². The van der Waals surface area contributed by atoms with Crippen molar-refractivity contribution in [3.8, 4) is 0 Å². The first-order chi connectivity index (χ1) is 11.7. The summed E-state index contributed by atoms with van der Waals surface area (Å²) in [4.78, 5) is 0. The van der Waals surface area contributed by atoms with Gasteiger partial charge in [-0.3, -0.25) is 0 Å². The van der Waals surface area contributed by atoms with Crippen LogP contribution in [0.15, 0.2) is 6.99 Å². The molecule has 0 aromatic heterocycles. The number of nitrogens with zero attached hydrogens (tertiary/aromatic N) is 4. The third-order valence-electron chi connectivity index (χ3n) is 3.45. The first-order valence-electron chi connectivity index (χ1n) is 10.2. The van der Waals surface area contributed by atoms with Crippen LogP contribution in [-0.4, -0.2) is 35.7 Å². The molecule has 0 fully saturated rings. The zero-order valence-electron chi connectivity index (χ0n) is 20.1. The Morgan fingerprint density at radius 2 is 1.04 bits per heavy atom. The van der Waals surface area contributed by atoms with E-state index in [-0.39, 0.29) is 11.1 Å². The van der Waals surface area contributed by atoms with Gasteiger partial charge >= 0.3 is 90.7 Å². The summed E-state index contributed by atoms with van der Waals surface area (Å²) in [5.74, 6) is 0. The SMILES string of the molecule is CC(C)[N-]C(C)C.CCC(C)(C)[N]=[Mo+2]=[N]C(C)(C)CC.CC[N-]C(C)C. The Bertz CT molecular complexity index is 342. The van der Waals surface area contributed by atoms with Gasteiger partial charge in [-0.15, -0.1) is 18.1 Å². The molecule has 0 unspecified atom stereocenters. The van der Waals surface area contributed by atoms with Crippen LogP contribution in [0.25, 0.3) is 10.6 Å². The number of rotatable bonds is 8. The number of hydrogen-bond donors (Lipinski definition) is 0. The molecule has 0 aliphatic carbocycles. The second kappa shape index (κ2) is 17.3. The molecule has 0 saturated heterocycles. The van der Waals surface area contributed by atoms with Crippen LogP contribution in [0.1, 0.15) is 103 Å². The molecule has 0 radical (unpaired) electrons. The van der Waals surface area contributed by atoms with E-state index in [9.17, 15) is 0 Å². The van der Waals surface area contributed by atoms with Crippen molar-refractivity contribution in [3.63, 3.8) is 0 Å². The Kier molecular flexibility index (Phi) is 20.6. The van der Waals surface area contributed by atoms with E-state index in [1.54, 1.807) is 0 Å². The third-order valence-corrected chi connectivity index (χ3v) is 6.28. The number of hydrogen-bond acceptors (Lipinski definition) is 2.